The summed E-state index contributed by atoms with van der Waals surface area (Å²) in [4.78, 5) is 13.8. The van der Waals surface area contributed by atoms with Crippen molar-refractivity contribution in [2.75, 3.05) is 37.6 Å². The Morgan fingerprint density at radius 2 is 1.96 bits per heavy atom. The molecule has 1 fully saturated rings. The number of anilines is 1. The lowest BCUT2D eigenvalue weighted by atomic mass is 10.2. The molecule has 1 aliphatic rings. The third-order valence-corrected chi connectivity index (χ3v) is 4.87. The van der Waals surface area contributed by atoms with E-state index in [2.05, 4.69) is 45.4 Å². The molecule has 0 saturated carbocycles. The van der Waals surface area contributed by atoms with Crippen molar-refractivity contribution in [3.63, 3.8) is 0 Å². The Hall–Kier alpha value is -2.70. The molecule has 0 unspecified atom stereocenters. The Bertz CT molecular complexity index is 777. The molecule has 7 nitrogen and oxygen atoms in total. The van der Waals surface area contributed by atoms with Gasteiger partial charge in [0.25, 0.3) is 0 Å². The maximum atomic E-state index is 10.1. The van der Waals surface area contributed by atoms with Gasteiger partial charge in [0.2, 0.25) is 0 Å². The molecule has 0 amide bonds. The fourth-order valence-corrected chi connectivity index (χ4v) is 3.51. The minimum Gasteiger partial charge on any atom is -0.506 e. The van der Waals surface area contributed by atoms with Crippen LogP contribution in [0, 0.1) is 5.92 Å². The number of imidazole rings is 1. The zero-order chi connectivity index (χ0) is 19.9. The van der Waals surface area contributed by atoms with Gasteiger partial charge in [-0.25, -0.2) is 9.98 Å². The number of piperazine rings is 1. The average Bonchev–Trinajstić information content (AvgIpc) is 3.12. The zero-order valence-electron chi connectivity index (χ0n) is 17.2. The van der Waals surface area contributed by atoms with E-state index in [1.807, 2.05) is 30.6 Å². The van der Waals surface area contributed by atoms with Gasteiger partial charge >= 0.3 is 0 Å². The minimum atomic E-state index is 0.341. The fraction of sp³-hybridized carbons (Fsp3) is 0.524. The van der Waals surface area contributed by atoms with Crippen LogP contribution in [0.5, 0.6) is 5.75 Å². The summed E-state index contributed by atoms with van der Waals surface area (Å²) in [6, 6.07) is 7.53. The maximum absolute atomic E-state index is 10.1. The number of hydrogen-bond acceptors (Lipinski definition) is 4. The van der Waals surface area contributed by atoms with Crippen LogP contribution in [0.3, 0.4) is 0 Å². The number of phenolic OH excluding ortho intramolecular Hbond substituents is 1. The van der Waals surface area contributed by atoms with Gasteiger partial charge in [-0.05, 0) is 25.0 Å². The SMILES string of the molecule is CCNC(=NCc1nccn1CC(C)C)N1CCN(c2ccccc2O)CC1. The van der Waals surface area contributed by atoms with E-state index in [-0.39, 0.29) is 0 Å². The Morgan fingerprint density at radius 3 is 2.64 bits per heavy atom. The van der Waals surface area contributed by atoms with Crippen molar-refractivity contribution >= 4 is 11.6 Å². The fourth-order valence-electron chi connectivity index (χ4n) is 3.51. The van der Waals surface area contributed by atoms with Crippen LogP contribution in [0.1, 0.15) is 26.6 Å². The van der Waals surface area contributed by atoms with Gasteiger partial charge in [-0.1, -0.05) is 26.0 Å². The molecule has 2 N–H and O–H groups in total. The molecule has 1 aromatic carbocycles. The third kappa shape index (κ3) is 4.97. The first kappa shape index (κ1) is 20.0. The van der Waals surface area contributed by atoms with Crippen LogP contribution in [-0.2, 0) is 13.1 Å². The Balaban J connectivity index is 1.64. The first-order valence-corrected chi connectivity index (χ1v) is 10.1. The molecule has 3 rings (SSSR count). The molecule has 1 aromatic heterocycles. The number of phenols is 1. The predicted octanol–water partition coefficient (Wildman–Crippen LogP) is 2.53. The number of aromatic hydroxyl groups is 1. The molecule has 1 saturated heterocycles. The standard InChI is InChI=1S/C21H32N6O/c1-4-22-21(24-15-20-23-9-10-27(20)16-17(2)3)26-13-11-25(12-14-26)18-7-5-6-8-19(18)28/h5-10,17,28H,4,11-16H2,1-3H3,(H,22,24). The lowest BCUT2D eigenvalue weighted by molar-refractivity contribution is 0.369. The summed E-state index contributed by atoms with van der Waals surface area (Å²) in [6.07, 6.45) is 3.88. The van der Waals surface area contributed by atoms with Crippen molar-refractivity contribution < 1.29 is 5.11 Å². The number of guanidine groups is 1. The molecule has 28 heavy (non-hydrogen) atoms. The van der Waals surface area contributed by atoms with E-state index in [9.17, 15) is 5.11 Å². The zero-order valence-corrected chi connectivity index (χ0v) is 17.2. The van der Waals surface area contributed by atoms with Gasteiger partial charge in [-0.2, -0.15) is 0 Å². The van der Waals surface area contributed by atoms with Crippen LogP contribution in [-0.4, -0.2) is 58.2 Å². The van der Waals surface area contributed by atoms with Gasteiger partial charge in [0.05, 0.1) is 5.69 Å². The monoisotopic (exact) mass is 384 g/mol. The summed E-state index contributed by atoms with van der Waals surface area (Å²) >= 11 is 0. The predicted molar refractivity (Wildman–Crippen MR) is 114 cm³/mol. The van der Waals surface area contributed by atoms with E-state index in [1.54, 1.807) is 6.07 Å². The Kier molecular flexibility index (Phi) is 6.79. The lowest BCUT2D eigenvalue weighted by Gasteiger charge is -2.37. The molecule has 2 aromatic rings. The first-order chi connectivity index (χ1) is 13.6. The van der Waals surface area contributed by atoms with Gasteiger partial charge in [-0.3, -0.25) is 0 Å². The quantitative estimate of drug-likeness (QED) is 0.592. The summed E-state index contributed by atoms with van der Waals surface area (Å²) in [5.74, 6) is 2.84. The second-order valence-electron chi connectivity index (χ2n) is 7.52. The lowest BCUT2D eigenvalue weighted by Crippen LogP contribution is -2.52. The van der Waals surface area contributed by atoms with Gasteiger partial charge in [0.1, 0.15) is 18.1 Å². The van der Waals surface area contributed by atoms with E-state index in [4.69, 9.17) is 4.99 Å². The highest BCUT2D eigenvalue weighted by atomic mass is 16.3. The highest BCUT2D eigenvalue weighted by Gasteiger charge is 2.21. The molecule has 2 heterocycles. The number of aromatic nitrogens is 2. The molecule has 7 heteroatoms. The average molecular weight is 385 g/mol. The van der Waals surface area contributed by atoms with Crippen molar-refractivity contribution in [3.8, 4) is 5.75 Å². The summed E-state index contributed by atoms with van der Waals surface area (Å²) in [7, 11) is 0. The number of benzene rings is 1. The highest BCUT2D eigenvalue weighted by molar-refractivity contribution is 5.80. The molecule has 1 aliphatic heterocycles. The summed E-state index contributed by atoms with van der Waals surface area (Å²) < 4.78 is 2.19. The normalized spacial score (nSPS) is 15.4. The third-order valence-electron chi connectivity index (χ3n) is 4.87. The van der Waals surface area contributed by atoms with Crippen LogP contribution in [0.4, 0.5) is 5.69 Å². The summed E-state index contributed by atoms with van der Waals surface area (Å²) in [6.45, 7) is 12.3. The second-order valence-corrected chi connectivity index (χ2v) is 7.52. The van der Waals surface area contributed by atoms with E-state index < -0.39 is 0 Å². The van der Waals surface area contributed by atoms with Crippen LogP contribution in [0.25, 0.3) is 0 Å². The van der Waals surface area contributed by atoms with Crippen molar-refractivity contribution in [2.45, 2.75) is 33.9 Å². The molecular formula is C21H32N6O. The Labute approximate surface area is 167 Å². The summed E-state index contributed by atoms with van der Waals surface area (Å²) in [5.41, 5.74) is 0.903. The minimum absolute atomic E-state index is 0.341. The number of nitrogens with one attached hydrogen (secondary N) is 1. The maximum Gasteiger partial charge on any atom is 0.194 e. The van der Waals surface area contributed by atoms with Gasteiger partial charge in [0.15, 0.2) is 5.96 Å². The molecule has 0 spiro atoms. The number of nitrogens with zero attached hydrogens (tertiary/aromatic N) is 5. The molecule has 0 atom stereocenters. The molecule has 152 valence electrons. The van der Waals surface area contributed by atoms with E-state index in [0.29, 0.717) is 18.2 Å². The topological polar surface area (TPSA) is 68.9 Å². The number of hydrogen-bond donors (Lipinski definition) is 2. The molecular weight excluding hydrogens is 352 g/mol. The molecule has 0 radical (unpaired) electrons. The van der Waals surface area contributed by atoms with Gasteiger partial charge in [-0.15, -0.1) is 0 Å². The van der Waals surface area contributed by atoms with Crippen LogP contribution in [0.15, 0.2) is 41.7 Å². The first-order valence-electron chi connectivity index (χ1n) is 10.1. The van der Waals surface area contributed by atoms with E-state index >= 15 is 0 Å². The molecule has 0 bridgehead atoms. The van der Waals surface area contributed by atoms with E-state index in [1.165, 1.54) is 0 Å². The molecule has 0 aliphatic carbocycles. The second kappa shape index (κ2) is 9.48. The number of aliphatic imine (C=N–C) groups is 1. The van der Waals surface area contributed by atoms with Crippen molar-refractivity contribution in [2.24, 2.45) is 10.9 Å². The van der Waals surface area contributed by atoms with E-state index in [0.717, 1.165) is 56.7 Å². The van der Waals surface area contributed by atoms with Crippen molar-refractivity contribution in [1.82, 2.24) is 19.8 Å². The van der Waals surface area contributed by atoms with Crippen molar-refractivity contribution in [3.05, 3.63) is 42.5 Å². The van der Waals surface area contributed by atoms with Gasteiger partial charge in [0, 0.05) is 51.7 Å². The van der Waals surface area contributed by atoms with Crippen LogP contribution < -0.4 is 10.2 Å². The van der Waals surface area contributed by atoms with Gasteiger partial charge < -0.3 is 24.8 Å². The summed E-state index contributed by atoms with van der Waals surface area (Å²) in [5, 5.41) is 13.5. The number of rotatable bonds is 6. The van der Waals surface area contributed by atoms with Crippen LogP contribution >= 0.6 is 0 Å². The number of para-hydroxylation sites is 2. The smallest absolute Gasteiger partial charge is 0.194 e. The largest absolute Gasteiger partial charge is 0.506 e. The Morgan fingerprint density at radius 1 is 1.21 bits per heavy atom. The highest BCUT2D eigenvalue weighted by Crippen LogP contribution is 2.27. The van der Waals surface area contributed by atoms with Crippen molar-refractivity contribution in [1.29, 1.82) is 0 Å². The van der Waals surface area contributed by atoms with Crippen LogP contribution in [0.2, 0.25) is 0 Å².